The van der Waals surface area contributed by atoms with Gasteiger partial charge in [-0.1, -0.05) is 65.0 Å². The fourth-order valence-corrected chi connectivity index (χ4v) is 5.67. The van der Waals surface area contributed by atoms with Crippen LogP contribution in [0.4, 0.5) is 0 Å². The van der Waals surface area contributed by atoms with Crippen molar-refractivity contribution in [3.8, 4) is 0 Å². The molecular weight excluding hydrogens is 566 g/mol. The first-order valence-electron chi connectivity index (χ1n) is 14.6. The van der Waals surface area contributed by atoms with Crippen molar-refractivity contribution < 1.29 is 14.3 Å². The first-order chi connectivity index (χ1) is 19.4. The minimum absolute atomic E-state index is 0.0140. The summed E-state index contributed by atoms with van der Waals surface area (Å²) < 4.78 is 8.82. The monoisotopic (exact) mass is 607 g/mol. The van der Waals surface area contributed by atoms with Crippen LogP contribution >= 0.6 is 15.9 Å². The van der Waals surface area contributed by atoms with Crippen molar-refractivity contribution in [2.24, 2.45) is 0 Å². The van der Waals surface area contributed by atoms with Crippen molar-refractivity contribution in [3.63, 3.8) is 0 Å². The molecule has 0 spiro atoms. The second-order valence-electron chi connectivity index (χ2n) is 10.7. The van der Waals surface area contributed by atoms with Gasteiger partial charge in [0.2, 0.25) is 5.91 Å². The first-order valence-corrected chi connectivity index (χ1v) is 15.4. The third-order valence-corrected chi connectivity index (χ3v) is 8.22. The number of amides is 2. The molecule has 7 heteroatoms. The molecule has 40 heavy (non-hydrogen) atoms. The maximum Gasteiger partial charge on any atom is 0.254 e. The van der Waals surface area contributed by atoms with Crippen LogP contribution in [0.2, 0.25) is 0 Å². The molecule has 4 rings (SSSR count). The van der Waals surface area contributed by atoms with Gasteiger partial charge in [-0.05, 0) is 75.1 Å². The van der Waals surface area contributed by atoms with E-state index in [9.17, 15) is 9.59 Å². The summed E-state index contributed by atoms with van der Waals surface area (Å²) in [5, 5.41) is 0. The molecule has 0 aliphatic heterocycles. The third-order valence-electron chi connectivity index (χ3n) is 7.69. The van der Waals surface area contributed by atoms with Crippen LogP contribution in [-0.4, -0.2) is 58.5 Å². The van der Waals surface area contributed by atoms with Gasteiger partial charge in [0, 0.05) is 54.3 Å². The molecule has 1 aromatic heterocycles. The molecule has 2 aromatic carbocycles. The average Bonchev–Trinajstić information content (AvgIpc) is 3.41. The van der Waals surface area contributed by atoms with Crippen LogP contribution in [0.25, 0.3) is 0 Å². The lowest BCUT2D eigenvalue weighted by Crippen LogP contribution is -2.48. The van der Waals surface area contributed by atoms with Gasteiger partial charge in [0.05, 0.1) is 6.54 Å². The van der Waals surface area contributed by atoms with E-state index in [1.165, 1.54) is 12.0 Å². The predicted octanol–water partition coefficient (Wildman–Crippen LogP) is 6.84. The Balaban J connectivity index is 1.53. The van der Waals surface area contributed by atoms with Crippen LogP contribution in [0.1, 0.15) is 72.6 Å². The van der Waals surface area contributed by atoms with Gasteiger partial charge in [0.1, 0.15) is 6.54 Å². The number of carbonyl (C=O) groups excluding carboxylic acids is 2. The van der Waals surface area contributed by atoms with Gasteiger partial charge in [-0.25, -0.2) is 0 Å². The molecular formula is C33H42BrN3O3. The van der Waals surface area contributed by atoms with Gasteiger partial charge < -0.3 is 19.1 Å². The quantitative estimate of drug-likeness (QED) is 0.200. The highest BCUT2D eigenvalue weighted by Crippen LogP contribution is 2.25. The fraction of sp³-hybridized carbons (Fsp3) is 0.455. The molecule has 2 amide bonds. The summed E-state index contributed by atoms with van der Waals surface area (Å²) in [6, 6.07) is 20.3. The zero-order chi connectivity index (χ0) is 28.3. The normalized spacial score (nSPS) is 13.8. The van der Waals surface area contributed by atoms with Gasteiger partial charge in [-0.3, -0.25) is 9.59 Å². The molecule has 1 aliphatic rings. The summed E-state index contributed by atoms with van der Waals surface area (Å²) in [5.41, 5.74) is 4.03. The lowest BCUT2D eigenvalue weighted by atomic mass is 9.94. The van der Waals surface area contributed by atoms with E-state index in [-0.39, 0.29) is 24.4 Å². The SMILES string of the molecule is CCOCCCN(CC(=O)N(Cc1cccn1Cc1ccc(Br)cc1)C1CCCCC1)C(=O)c1ccc(C)cc1. The highest BCUT2D eigenvalue weighted by Gasteiger charge is 2.29. The number of halogens is 1. The third kappa shape index (κ3) is 8.55. The predicted molar refractivity (Wildman–Crippen MR) is 163 cm³/mol. The molecule has 1 heterocycles. The van der Waals surface area contributed by atoms with Crippen molar-refractivity contribution in [2.75, 3.05) is 26.3 Å². The number of hydrogen-bond acceptors (Lipinski definition) is 3. The molecule has 1 aliphatic carbocycles. The highest BCUT2D eigenvalue weighted by molar-refractivity contribution is 9.10. The molecule has 3 aromatic rings. The summed E-state index contributed by atoms with van der Waals surface area (Å²) >= 11 is 3.52. The Bertz CT molecular complexity index is 1220. The largest absolute Gasteiger partial charge is 0.382 e. The van der Waals surface area contributed by atoms with Crippen LogP contribution in [0.15, 0.2) is 71.3 Å². The van der Waals surface area contributed by atoms with E-state index in [1.54, 1.807) is 4.90 Å². The summed E-state index contributed by atoms with van der Waals surface area (Å²) in [6.45, 7) is 7.02. The Kier molecular flexibility index (Phi) is 11.4. The van der Waals surface area contributed by atoms with E-state index >= 15 is 0 Å². The van der Waals surface area contributed by atoms with Gasteiger partial charge >= 0.3 is 0 Å². The van der Waals surface area contributed by atoms with Crippen LogP contribution < -0.4 is 0 Å². The van der Waals surface area contributed by atoms with Crippen LogP contribution in [0.3, 0.4) is 0 Å². The molecule has 6 nitrogen and oxygen atoms in total. The number of rotatable bonds is 13. The minimum atomic E-state index is -0.105. The highest BCUT2D eigenvalue weighted by atomic mass is 79.9. The maximum atomic E-state index is 14.1. The number of nitrogens with zero attached hydrogens (tertiary/aromatic N) is 3. The lowest BCUT2D eigenvalue weighted by Gasteiger charge is -2.36. The fourth-order valence-electron chi connectivity index (χ4n) is 5.41. The Morgan fingerprint density at radius 2 is 1.73 bits per heavy atom. The molecule has 214 valence electrons. The van der Waals surface area contributed by atoms with Crippen LogP contribution in [-0.2, 0) is 22.6 Å². The van der Waals surface area contributed by atoms with Gasteiger partial charge in [0.25, 0.3) is 5.91 Å². The van der Waals surface area contributed by atoms with Crippen molar-refractivity contribution in [2.45, 2.75) is 71.5 Å². The van der Waals surface area contributed by atoms with E-state index in [0.29, 0.717) is 38.3 Å². The molecule has 0 saturated heterocycles. The Morgan fingerprint density at radius 1 is 1.00 bits per heavy atom. The van der Waals surface area contributed by atoms with Crippen molar-refractivity contribution in [1.82, 2.24) is 14.4 Å². The van der Waals surface area contributed by atoms with E-state index in [0.717, 1.165) is 48.0 Å². The number of ether oxygens (including phenoxy) is 1. The Hall–Kier alpha value is -2.90. The van der Waals surface area contributed by atoms with E-state index in [4.69, 9.17) is 4.74 Å². The number of benzene rings is 2. The summed E-state index contributed by atoms with van der Waals surface area (Å²) in [5.74, 6) is -0.0905. The topological polar surface area (TPSA) is 54.8 Å². The maximum absolute atomic E-state index is 14.1. The molecule has 0 N–H and O–H groups in total. The van der Waals surface area contributed by atoms with E-state index in [2.05, 4.69) is 63.1 Å². The summed E-state index contributed by atoms with van der Waals surface area (Å²) in [7, 11) is 0. The van der Waals surface area contributed by atoms with Gasteiger partial charge in [-0.2, -0.15) is 0 Å². The lowest BCUT2D eigenvalue weighted by molar-refractivity contribution is -0.135. The molecule has 0 radical (unpaired) electrons. The molecule has 0 bridgehead atoms. The first kappa shape index (κ1) is 30.1. The van der Waals surface area contributed by atoms with Gasteiger partial charge in [0.15, 0.2) is 0 Å². The Morgan fingerprint density at radius 3 is 2.42 bits per heavy atom. The summed E-state index contributed by atoms with van der Waals surface area (Å²) in [4.78, 5) is 31.4. The number of carbonyl (C=O) groups is 2. The minimum Gasteiger partial charge on any atom is -0.382 e. The zero-order valence-corrected chi connectivity index (χ0v) is 25.4. The second-order valence-corrected chi connectivity index (χ2v) is 11.6. The van der Waals surface area contributed by atoms with Crippen molar-refractivity contribution >= 4 is 27.7 Å². The molecule has 0 unspecified atom stereocenters. The van der Waals surface area contributed by atoms with Crippen LogP contribution in [0, 0.1) is 6.92 Å². The molecule has 0 atom stereocenters. The van der Waals surface area contributed by atoms with E-state index in [1.807, 2.05) is 43.0 Å². The summed E-state index contributed by atoms with van der Waals surface area (Å²) in [6.07, 6.45) is 8.28. The number of aryl methyl sites for hydroxylation is 1. The van der Waals surface area contributed by atoms with Gasteiger partial charge in [-0.15, -0.1) is 0 Å². The second kappa shape index (κ2) is 15.2. The van der Waals surface area contributed by atoms with Crippen molar-refractivity contribution in [1.29, 1.82) is 0 Å². The molecule has 1 fully saturated rings. The molecule has 1 saturated carbocycles. The smallest absolute Gasteiger partial charge is 0.254 e. The Labute approximate surface area is 247 Å². The van der Waals surface area contributed by atoms with Crippen molar-refractivity contribution in [3.05, 3.63) is 93.7 Å². The number of aromatic nitrogens is 1. The standard InChI is InChI=1S/C33H42BrN3O3/c1-3-40-22-8-21-36(33(39)28-16-12-26(2)13-17-28)25-32(38)37(30-9-5-4-6-10-30)24-31-11-7-20-35(31)23-27-14-18-29(34)19-15-27/h7,11-20,30H,3-6,8-10,21-25H2,1-2H3. The van der Waals surface area contributed by atoms with Crippen LogP contribution in [0.5, 0.6) is 0 Å². The van der Waals surface area contributed by atoms with E-state index < -0.39 is 0 Å². The number of hydrogen-bond donors (Lipinski definition) is 0. The zero-order valence-electron chi connectivity index (χ0n) is 23.9. The average molecular weight is 609 g/mol.